The van der Waals surface area contributed by atoms with Crippen molar-refractivity contribution < 1.29 is 9.53 Å². The largest absolute Gasteiger partial charge is 0.384 e. The van der Waals surface area contributed by atoms with E-state index in [0.717, 1.165) is 48.7 Å². The summed E-state index contributed by atoms with van der Waals surface area (Å²) in [5.41, 5.74) is 4.45. The van der Waals surface area contributed by atoms with Crippen LogP contribution in [-0.4, -0.2) is 47.5 Å². The van der Waals surface area contributed by atoms with E-state index in [1.54, 1.807) is 19.5 Å². The zero-order chi connectivity index (χ0) is 21.0. The van der Waals surface area contributed by atoms with E-state index in [1.807, 2.05) is 20.8 Å². The molecule has 1 N–H and O–H groups in total. The van der Waals surface area contributed by atoms with Gasteiger partial charge in [-0.1, -0.05) is 32.9 Å². The van der Waals surface area contributed by atoms with E-state index < -0.39 is 5.41 Å². The van der Waals surface area contributed by atoms with Gasteiger partial charge in [0, 0.05) is 49.7 Å². The van der Waals surface area contributed by atoms with Crippen molar-refractivity contribution in [1.29, 1.82) is 0 Å². The number of fused-ring (bicyclic) bond motifs is 2. The summed E-state index contributed by atoms with van der Waals surface area (Å²) in [7, 11) is 1.79. The van der Waals surface area contributed by atoms with Crippen molar-refractivity contribution in [1.82, 2.24) is 15.0 Å². The topological polar surface area (TPSA) is 71.1 Å². The molecule has 1 aliphatic heterocycles. The van der Waals surface area contributed by atoms with E-state index in [9.17, 15) is 4.79 Å². The molecule has 0 unspecified atom stereocenters. The summed E-state index contributed by atoms with van der Waals surface area (Å²) in [6.45, 7) is 8.83. The van der Waals surface area contributed by atoms with Gasteiger partial charge in [0.15, 0.2) is 11.4 Å². The molecular weight excluding hydrogens is 376 g/mol. The van der Waals surface area contributed by atoms with Crippen LogP contribution in [0.1, 0.15) is 31.1 Å². The Morgan fingerprint density at radius 3 is 2.73 bits per heavy atom. The average Bonchev–Trinajstić information content (AvgIpc) is 3.10. The molecule has 0 spiro atoms. The fraction of sp³-hybridized carbons (Fsp3) is 0.458. The molecule has 6 nitrogen and oxygen atoms in total. The minimum absolute atomic E-state index is 0.0656. The van der Waals surface area contributed by atoms with Crippen LogP contribution in [-0.2, 0) is 4.74 Å². The molecule has 30 heavy (non-hydrogen) atoms. The highest BCUT2D eigenvalue weighted by molar-refractivity contribution is 6.08. The van der Waals surface area contributed by atoms with Crippen LogP contribution in [0.5, 0.6) is 0 Å². The highest BCUT2D eigenvalue weighted by Crippen LogP contribution is 2.52. The van der Waals surface area contributed by atoms with E-state index in [-0.39, 0.29) is 5.78 Å². The summed E-state index contributed by atoms with van der Waals surface area (Å²) < 4.78 is 5.34. The maximum atomic E-state index is 12.8. The van der Waals surface area contributed by atoms with Gasteiger partial charge in [-0.15, -0.1) is 0 Å². The van der Waals surface area contributed by atoms with Gasteiger partial charge in [-0.2, -0.15) is 0 Å². The van der Waals surface area contributed by atoms with Gasteiger partial charge >= 0.3 is 0 Å². The highest BCUT2D eigenvalue weighted by atomic mass is 16.5. The fourth-order valence-corrected chi connectivity index (χ4v) is 4.77. The Balaban J connectivity index is 1.42. The first-order valence-electron chi connectivity index (χ1n) is 10.6. The number of Topliss-reactive ketones (excluding diaryl/α,β-unsaturated/α-hetero) is 1. The number of hydrogen-bond donors (Lipinski definition) is 1. The number of nitrogens with one attached hydrogen (secondary N) is 1. The van der Waals surface area contributed by atoms with E-state index >= 15 is 0 Å². The Labute approximate surface area is 176 Å². The van der Waals surface area contributed by atoms with Crippen LogP contribution in [0.25, 0.3) is 22.4 Å². The molecule has 1 aromatic carbocycles. The molecule has 3 atom stereocenters. The lowest BCUT2D eigenvalue weighted by Crippen LogP contribution is -2.24. The van der Waals surface area contributed by atoms with Gasteiger partial charge in [-0.25, -0.2) is 9.97 Å². The number of nitrogens with zero attached hydrogens (tertiary/aromatic N) is 3. The van der Waals surface area contributed by atoms with E-state index in [0.29, 0.717) is 16.7 Å². The molecule has 1 saturated carbocycles. The minimum atomic E-state index is -0.468. The Morgan fingerprint density at radius 1 is 1.27 bits per heavy atom. The summed E-state index contributed by atoms with van der Waals surface area (Å²) in [5, 5.41) is 0. The SMILES string of the molecule is COC[C@H]1[C@H]2CN(c3cccc(-c4cnc5[nH]cc(C(=O)C(C)(C)C)c5n4)c3)C[C@@H]12. The number of carbonyl (C=O) groups is 1. The zero-order valence-electron chi connectivity index (χ0n) is 18.0. The molecule has 2 aromatic heterocycles. The van der Waals surface area contributed by atoms with Crippen molar-refractivity contribution in [3.63, 3.8) is 0 Å². The van der Waals surface area contributed by atoms with Crippen molar-refractivity contribution in [3.8, 4) is 11.3 Å². The Bertz CT molecular complexity index is 1100. The Kier molecular flexibility index (Phi) is 4.43. The zero-order valence-corrected chi connectivity index (χ0v) is 18.0. The van der Waals surface area contributed by atoms with Crippen LogP contribution in [0.15, 0.2) is 36.7 Å². The van der Waals surface area contributed by atoms with Gasteiger partial charge in [-0.05, 0) is 29.9 Å². The smallest absolute Gasteiger partial charge is 0.171 e. The van der Waals surface area contributed by atoms with Gasteiger partial charge in [0.05, 0.1) is 17.5 Å². The van der Waals surface area contributed by atoms with Gasteiger partial charge in [0.2, 0.25) is 0 Å². The van der Waals surface area contributed by atoms with Crippen molar-refractivity contribution in [2.24, 2.45) is 23.2 Å². The average molecular weight is 405 g/mol. The van der Waals surface area contributed by atoms with Crippen molar-refractivity contribution in [3.05, 3.63) is 42.2 Å². The summed E-state index contributed by atoms with van der Waals surface area (Å²) in [4.78, 5) is 27.7. The second-order valence-electron chi connectivity index (χ2n) is 9.64. The van der Waals surface area contributed by atoms with Crippen LogP contribution in [0, 0.1) is 23.2 Å². The number of ether oxygens (including phenoxy) is 1. The lowest BCUT2D eigenvalue weighted by Gasteiger charge is -2.22. The van der Waals surface area contributed by atoms with Crippen molar-refractivity contribution in [2.75, 3.05) is 31.7 Å². The number of aromatic amines is 1. The standard InChI is InChI=1S/C24H28N4O2/c1-24(2,3)22(29)16-9-25-23-21(16)27-20(10-26-23)14-6-5-7-15(8-14)28-11-17-18(12-28)19(17)13-30-4/h5-10,17-19H,11-13H2,1-4H3,(H,25,26)/t17-,18+,19-. The molecular formula is C24H28N4O2. The van der Waals surface area contributed by atoms with Crippen molar-refractivity contribution in [2.45, 2.75) is 20.8 Å². The summed E-state index contributed by atoms with van der Waals surface area (Å²) in [6, 6.07) is 8.48. The summed E-state index contributed by atoms with van der Waals surface area (Å²) >= 11 is 0. The molecule has 2 aliphatic rings. The van der Waals surface area contributed by atoms with Crippen LogP contribution in [0.2, 0.25) is 0 Å². The van der Waals surface area contributed by atoms with Crippen LogP contribution >= 0.6 is 0 Å². The molecule has 5 rings (SSSR count). The number of anilines is 1. The Morgan fingerprint density at radius 2 is 2.03 bits per heavy atom. The molecule has 6 heteroatoms. The predicted molar refractivity (Wildman–Crippen MR) is 118 cm³/mol. The molecule has 3 aromatic rings. The van der Waals surface area contributed by atoms with Crippen molar-refractivity contribution >= 4 is 22.6 Å². The quantitative estimate of drug-likeness (QED) is 0.646. The van der Waals surface area contributed by atoms with Gasteiger partial charge in [0.1, 0.15) is 5.52 Å². The number of rotatable bonds is 5. The molecule has 0 radical (unpaired) electrons. The number of H-pyrrole nitrogens is 1. The van der Waals surface area contributed by atoms with Gasteiger partial charge in [-0.3, -0.25) is 4.79 Å². The van der Waals surface area contributed by atoms with E-state index in [1.165, 1.54) is 5.69 Å². The predicted octanol–water partition coefficient (Wildman–Crippen LogP) is 4.18. The molecule has 0 amide bonds. The van der Waals surface area contributed by atoms with Gasteiger partial charge < -0.3 is 14.6 Å². The fourth-order valence-electron chi connectivity index (χ4n) is 4.77. The molecule has 1 aliphatic carbocycles. The van der Waals surface area contributed by atoms with Crippen LogP contribution in [0.3, 0.4) is 0 Å². The first-order valence-corrected chi connectivity index (χ1v) is 10.6. The third-order valence-corrected chi connectivity index (χ3v) is 6.54. The second-order valence-corrected chi connectivity index (χ2v) is 9.64. The second kappa shape index (κ2) is 6.91. The number of methoxy groups -OCH3 is 1. The monoisotopic (exact) mass is 404 g/mol. The number of carbonyl (C=O) groups excluding carboxylic acids is 1. The third-order valence-electron chi connectivity index (χ3n) is 6.54. The summed E-state index contributed by atoms with van der Waals surface area (Å²) in [5.74, 6) is 2.32. The van der Waals surface area contributed by atoms with Crippen LogP contribution in [0.4, 0.5) is 5.69 Å². The number of piperidine rings is 1. The Hall–Kier alpha value is -2.73. The molecule has 2 fully saturated rings. The van der Waals surface area contributed by atoms with Crippen LogP contribution < -0.4 is 4.90 Å². The summed E-state index contributed by atoms with van der Waals surface area (Å²) in [6.07, 6.45) is 3.50. The number of benzene rings is 1. The molecule has 156 valence electrons. The maximum Gasteiger partial charge on any atom is 0.171 e. The molecule has 1 saturated heterocycles. The lowest BCUT2D eigenvalue weighted by atomic mass is 9.87. The van der Waals surface area contributed by atoms with Gasteiger partial charge in [0.25, 0.3) is 0 Å². The number of aromatic nitrogens is 3. The van der Waals surface area contributed by atoms with E-state index in [4.69, 9.17) is 9.72 Å². The highest BCUT2D eigenvalue weighted by Gasteiger charge is 2.55. The molecule has 3 heterocycles. The minimum Gasteiger partial charge on any atom is -0.384 e. The maximum absolute atomic E-state index is 12.8. The normalized spacial score (nSPS) is 23.1. The number of hydrogen-bond acceptors (Lipinski definition) is 5. The molecule has 0 bridgehead atoms. The first kappa shape index (κ1) is 19.2. The third kappa shape index (κ3) is 3.19. The number of ketones is 1. The van der Waals surface area contributed by atoms with E-state index in [2.05, 4.69) is 39.1 Å². The lowest BCUT2D eigenvalue weighted by molar-refractivity contribution is 0.0860. The first-order chi connectivity index (χ1) is 14.4.